The van der Waals surface area contributed by atoms with Crippen LogP contribution in [0.3, 0.4) is 0 Å². The number of oxazole rings is 1. The van der Waals surface area contributed by atoms with Gasteiger partial charge in [-0.1, -0.05) is 38.3 Å². The van der Waals surface area contributed by atoms with Crippen molar-refractivity contribution in [3.8, 4) is 0 Å². The van der Waals surface area contributed by atoms with Crippen LogP contribution in [0.5, 0.6) is 0 Å². The number of unbranched alkanes of at least 4 members (excludes halogenated alkanes) is 3. The molecule has 2 amide bonds. The second kappa shape index (κ2) is 16.0. The average Bonchev–Trinajstić information content (AvgIpc) is 3.33. The van der Waals surface area contributed by atoms with Gasteiger partial charge in [-0.25, -0.2) is 4.98 Å². The molecule has 2 rings (SSSR count). The number of aromatic nitrogens is 1. The van der Waals surface area contributed by atoms with Crippen molar-refractivity contribution in [3.05, 3.63) is 53.2 Å². The fourth-order valence-electron chi connectivity index (χ4n) is 3.56. The molecule has 0 saturated heterocycles. The topological polar surface area (TPSA) is 93.9 Å². The lowest BCUT2D eigenvalue weighted by Gasteiger charge is -2.21. The van der Waals surface area contributed by atoms with Crippen molar-refractivity contribution in [3.63, 3.8) is 0 Å². The number of hydrogen-bond acceptors (Lipinski definition) is 6. The van der Waals surface area contributed by atoms with Crippen molar-refractivity contribution in [1.29, 1.82) is 0 Å². The third-order valence-corrected chi connectivity index (χ3v) is 5.50. The minimum absolute atomic E-state index is 0.0996. The van der Waals surface area contributed by atoms with Crippen LogP contribution in [0.4, 0.5) is 0 Å². The Morgan fingerprint density at radius 3 is 2.44 bits per heavy atom. The van der Waals surface area contributed by atoms with Crippen LogP contribution in [0.1, 0.15) is 77.7 Å². The maximum absolute atomic E-state index is 13.2. The molecule has 0 atom stereocenters. The molecule has 34 heavy (non-hydrogen) atoms. The SMILES string of the molecule is CCCCCCc1ccc(C(=O)N(CCCOC)Cc2nc(C(=O)NCCCOC)co2)cc1. The van der Waals surface area contributed by atoms with Crippen LogP contribution in [0.25, 0.3) is 0 Å². The number of methoxy groups -OCH3 is 2. The second-order valence-electron chi connectivity index (χ2n) is 8.31. The zero-order chi connectivity index (χ0) is 24.6. The number of nitrogens with one attached hydrogen (secondary N) is 1. The van der Waals surface area contributed by atoms with Gasteiger partial charge in [-0.05, 0) is 43.4 Å². The summed E-state index contributed by atoms with van der Waals surface area (Å²) in [4.78, 5) is 31.4. The standard InChI is InChI=1S/C26H39N3O5/c1-4-5-6-7-10-21-11-13-22(14-12-21)26(31)29(16-9-18-33-3)19-24-28-23(20-34-24)25(30)27-15-8-17-32-2/h11-14,20H,4-10,15-19H2,1-3H3,(H,27,30). The van der Waals surface area contributed by atoms with Gasteiger partial charge in [0.15, 0.2) is 5.69 Å². The lowest BCUT2D eigenvalue weighted by atomic mass is 10.0. The summed E-state index contributed by atoms with van der Waals surface area (Å²) in [6.45, 7) is 4.48. The van der Waals surface area contributed by atoms with Gasteiger partial charge in [0.1, 0.15) is 6.26 Å². The maximum atomic E-state index is 13.2. The van der Waals surface area contributed by atoms with Crippen LogP contribution in [0.2, 0.25) is 0 Å². The summed E-state index contributed by atoms with van der Waals surface area (Å²) >= 11 is 0. The highest BCUT2D eigenvalue weighted by atomic mass is 16.5. The molecule has 0 unspecified atom stereocenters. The van der Waals surface area contributed by atoms with Gasteiger partial charge in [-0.2, -0.15) is 0 Å². The number of amides is 2. The Kier molecular flexibility index (Phi) is 13.0. The molecule has 188 valence electrons. The fourth-order valence-corrected chi connectivity index (χ4v) is 3.56. The summed E-state index contributed by atoms with van der Waals surface area (Å²) in [6.07, 6.45) is 8.62. The molecule has 0 aliphatic carbocycles. The molecular weight excluding hydrogens is 434 g/mol. The first kappa shape index (κ1) is 27.5. The van der Waals surface area contributed by atoms with E-state index in [2.05, 4.69) is 17.2 Å². The first-order valence-electron chi connectivity index (χ1n) is 12.2. The van der Waals surface area contributed by atoms with E-state index in [-0.39, 0.29) is 24.1 Å². The second-order valence-corrected chi connectivity index (χ2v) is 8.31. The summed E-state index contributed by atoms with van der Waals surface area (Å²) in [5.41, 5.74) is 2.06. The van der Waals surface area contributed by atoms with Crippen LogP contribution >= 0.6 is 0 Å². The average molecular weight is 474 g/mol. The molecule has 0 bridgehead atoms. The monoisotopic (exact) mass is 473 g/mol. The Hall–Kier alpha value is -2.71. The lowest BCUT2D eigenvalue weighted by Crippen LogP contribution is -2.32. The Labute approximate surface area is 203 Å². The zero-order valence-corrected chi connectivity index (χ0v) is 20.8. The normalized spacial score (nSPS) is 10.9. The van der Waals surface area contributed by atoms with Crippen LogP contribution in [-0.4, -0.2) is 62.2 Å². The van der Waals surface area contributed by atoms with E-state index in [1.807, 2.05) is 24.3 Å². The molecule has 0 saturated carbocycles. The summed E-state index contributed by atoms with van der Waals surface area (Å²) < 4.78 is 15.6. The van der Waals surface area contributed by atoms with Gasteiger partial charge in [0.2, 0.25) is 5.89 Å². The van der Waals surface area contributed by atoms with E-state index in [9.17, 15) is 9.59 Å². The molecule has 0 aliphatic heterocycles. The highest BCUT2D eigenvalue weighted by molar-refractivity contribution is 5.94. The molecule has 2 aromatic rings. The summed E-state index contributed by atoms with van der Waals surface area (Å²) in [7, 11) is 3.26. The highest BCUT2D eigenvalue weighted by Crippen LogP contribution is 2.14. The number of aryl methyl sites for hydroxylation is 1. The van der Waals surface area contributed by atoms with E-state index in [1.54, 1.807) is 19.1 Å². The van der Waals surface area contributed by atoms with Gasteiger partial charge in [0.05, 0.1) is 6.54 Å². The third kappa shape index (κ3) is 9.65. The molecule has 8 heteroatoms. The number of rotatable bonds is 17. The van der Waals surface area contributed by atoms with Crippen molar-refractivity contribution in [2.45, 2.75) is 58.4 Å². The number of nitrogens with zero attached hydrogens (tertiary/aromatic N) is 2. The molecule has 0 aliphatic rings. The molecule has 1 aromatic heterocycles. The summed E-state index contributed by atoms with van der Waals surface area (Å²) in [5.74, 6) is -0.0874. The van der Waals surface area contributed by atoms with Crippen LogP contribution in [0, 0.1) is 0 Å². The summed E-state index contributed by atoms with van der Waals surface area (Å²) in [6, 6.07) is 7.83. The molecule has 1 heterocycles. The molecule has 1 aromatic carbocycles. The Morgan fingerprint density at radius 1 is 1.00 bits per heavy atom. The van der Waals surface area contributed by atoms with Crippen molar-refractivity contribution in [2.75, 3.05) is 40.5 Å². The molecule has 0 radical (unpaired) electrons. The van der Waals surface area contributed by atoms with E-state index >= 15 is 0 Å². The first-order chi connectivity index (χ1) is 16.6. The predicted molar refractivity (Wildman–Crippen MR) is 131 cm³/mol. The maximum Gasteiger partial charge on any atom is 0.273 e. The Balaban J connectivity index is 1.99. The third-order valence-electron chi connectivity index (χ3n) is 5.50. The smallest absolute Gasteiger partial charge is 0.273 e. The molecule has 1 N–H and O–H groups in total. The number of carbonyl (C=O) groups excluding carboxylic acids is 2. The predicted octanol–water partition coefficient (Wildman–Crippen LogP) is 4.24. The largest absolute Gasteiger partial charge is 0.446 e. The zero-order valence-electron chi connectivity index (χ0n) is 20.8. The number of hydrogen-bond donors (Lipinski definition) is 1. The van der Waals surface area contributed by atoms with E-state index in [1.165, 1.54) is 31.1 Å². The van der Waals surface area contributed by atoms with E-state index in [0.29, 0.717) is 50.6 Å². The van der Waals surface area contributed by atoms with Gasteiger partial charge in [0.25, 0.3) is 11.8 Å². The minimum Gasteiger partial charge on any atom is -0.446 e. The molecular formula is C26H39N3O5. The molecule has 8 nitrogen and oxygen atoms in total. The van der Waals surface area contributed by atoms with Crippen molar-refractivity contribution >= 4 is 11.8 Å². The van der Waals surface area contributed by atoms with Crippen LogP contribution < -0.4 is 5.32 Å². The fraction of sp³-hybridized carbons (Fsp3) is 0.577. The number of benzene rings is 1. The summed E-state index contributed by atoms with van der Waals surface area (Å²) in [5, 5.41) is 2.78. The Bertz CT molecular complexity index is 850. The lowest BCUT2D eigenvalue weighted by molar-refractivity contribution is 0.0708. The Morgan fingerprint density at radius 2 is 1.74 bits per heavy atom. The van der Waals surface area contributed by atoms with Gasteiger partial charge < -0.3 is 24.1 Å². The minimum atomic E-state index is -0.308. The molecule has 0 spiro atoms. The van der Waals surface area contributed by atoms with Crippen molar-refractivity contribution in [1.82, 2.24) is 15.2 Å². The van der Waals surface area contributed by atoms with Gasteiger partial charge in [-0.15, -0.1) is 0 Å². The van der Waals surface area contributed by atoms with E-state index in [4.69, 9.17) is 13.9 Å². The van der Waals surface area contributed by atoms with Crippen molar-refractivity contribution in [2.24, 2.45) is 0 Å². The quantitative estimate of drug-likeness (QED) is 0.345. The van der Waals surface area contributed by atoms with Crippen molar-refractivity contribution < 1.29 is 23.5 Å². The van der Waals surface area contributed by atoms with Crippen LogP contribution in [-0.2, 0) is 22.4 Å². The van der Waals surface area contributed by atoms with Crippen LogP contribution in [0.15, 0.2) is 34.9 Å². The van der Waals surface area contributed by atoms with E-state index in [0.717, 1.165) is 12.8 Å². The van der Waals surface area contributed by atoms with Gasteiger partial charge >= 0.3 is 0 Å². The molecule has 0 fully saturated rings. The highest BCUT2D eigenvalue weighted by Gasteiger charge is 2.20. The van der Waals surface area contributed by atoms with E-state index < -0.39 is 0 Å². The number of carbonyl (C=O) groups is 2. The van der Waals surface area contributed by atoms with Gasteiger partial charge in [-0.3, -0.25) is 9.59 Å². The first-order valence-corrected chi connectivity index (χ1v) is 12.2. The number of ether oxygens (including phenoxy) is 2. The van der Waals surface area contributed by atoms with Gasteiger partial charge in [0, 0.05) is 46.1 Å².